The maximum atomic E-state index is 6.30. The van der Waals surface area contributed by atoms with Crippen LogP contribution >= 0.6 is 11.6 Å². The summed E-state index contributed by atoms with van der Waals surface area (Å²) in [5.41, 5.74) is 7.92. The fourth-order valence-electron chi connectivity index (χ4n) is 2.42. The Balaban J connectivity index is 1.79. The third kappa shape index (κ3) is 2.18. The Labute approximate surface area is 126 Å². The van der Waals surface area contributed by atoms with Gasteiger partial charge in [-0.25, -0.2) is 0 Å². The monoisotopic (exact) mass is 300 g/mol. The lowest BCUT2D eigenvalue weighted by Crippen LogP contribution is -2.14. The maximum Gasteiger partial charge on any atom is 0.229 e. The molecule has 21 heavy (non-hydrogen) atoms. The lowest BCUT2D eigenvalue weighted by atomic mass is 10.0. The van der Waals surface area contributed by atoms with Crippen molar-refractivity contribution in [2.45, 2.75) is 24.8 Å². The molecule has 1 aliphatic rings. The van der Waals surface area contributed by atoms with Gasteiger partial charge in [-0.15, -0.1) is 0 Å². The van der Waals surface area contributed by atoms with Crippen molar-refractivity contribution in [1.82, 2.24) is 15.1 Å². The van der Waals surface area contributed by atoms with Crippen LogP contribution in [0.4, 0.5) is 0 Å². The highest BCUT2D eigenvalue weighted by Gasteiger charge is 2.31. The van der Waals surface area contributed by atoms with Crippen molar-refractivity contribution in [1.29, 1.82) is 0 Å². The van der Waals surface area contributed by atoms with Crippen LogP contribution in [0.15, 0.2) is 35.0 Å². The number of nitrogens with two attached hydrogens (primary N) is 1. The summed E-state index contributed by atoms with van der Waals surface area (Å²) in [6.07, 6.45) is 3.95. The first kappa shape index (κ1) is 12.7. The fourth-order valence-corrected chi connectivity index (χ4v) is 2.63. The van der Waals surface area contributed by atoms with Gasteiger partial charge in [-0.05, 0) is 31.0 Å². The summed E-state index contributed by atoms with van der Waals surface area (Å²) < 4.78 is 5.28. The molecule has 0 amide bonds. The Morgan fingerprint density at radius 3 is 2.95 bits per heavy atom. The van der Waals surface area contributed by atoms with Crippen LogP contribution in [0.5, 0.6) is 0 Å². The lowest BCUT2D eigenvalue weighted by Gasteiger charge is -2.11. The number of benzene rings is 1. The smallest absolute Gasteiger partial charge is 0.229 e. The number of hydrogen-bond acceptors (Lipinski definition) is 5. The first-order chi connectivity index (χ1) is 10.2. The molecule has 2 N–H and O–H groups in total. The average molecular weight is 301 g/mol. The highest BCUT2D eigenvalue weighted by Crippen LogP contribution is 2.39. The van der Waals surface area contributed by atoms with Gasteiger partial charge < -0.3 is 10.3 Å². The Hall–Kier alpha value is -1.98. The van der Waals surface area contributed by atoms with Gasteiger partial charge in [-0.2, -0.15) is 4.98 Å². The van der Waals surface area contributed by atoms with Crippen LogP contribution in [0.2, 0.25) is 5.02 Å². The van der Waals surface area contributed by atoms with Crippen LogP contribution in [-0.2, 0) is 0 Å². The number of rotatable bonds is 3. The van der Waals surface area contributed by atoms with E-state index in [1.807, 2.05) is 24.3 Å². The van der Waals surface area contributed by atoms with E-state index < -0.39 is 6.04 Å². The van der Waals surface area contributed by atoms with E-state index in [1.54, 1.807) is 6.20 Å². The van der Waals surface area contributed by atoms with Crippen LogP contribution < -0.4 is 5.73 Å². The molecule has 3 aromatic rings. The van der Waals surface area contributed by atoms with Gasteiger partial charge in [0.15, 0.2) is 5.82 Å². The van der Waals surface area contributed by atoms with Gasteiger partial charge in [0.1, 0.15) is 0 Å². The van der Waals surface area contributed by atoms with E-state index in [0.717, 1.165) is 29.3 Å². The van der Waals surface area contributed by atoms with Crippen LogP contribution in [0.3, 0.4) is 0 Å². The van der Waals surface area contributed by atoms with Gasteiger partial charge in [0.25, 0.3) is 0 Å². The van der Waals surface area contributed by atoms with E-state index in [0.29, 0.717) is 22.7 Å². The van der Waals surface area contributed by atoms with Gasteiger partial charge in [0.05, 0.1) is 11.6 Å². The molecule has 1 atom stereocenters. The van der Waals surface area contributed by atoms with E-state index in [9.17, 15) is 0 Å². The van der Waals surface area contributed by atoms with Crippen molar-refractivity contribution in [2.75, 3.05) is 0 Å². The molecule has 0 saturated heterocycles. The van der Waals surface area contributed by atoms with E-state index >= 15 is 0 Å². The summed E-state index contributed by atoms with van der Waals surface area (Å²) in [4.78, 5) is 8.81. The number of hydrogen-bond donors (Lipinski definition) is 1. The molecular formula is C15H13ClN4O. The standard InChI is InChI=1S/C15H13ClN4O/c16-11-6-5-10(13-9(11)2-1-7-18-13)12(17)14-19-15(21-20-14)8-3-4-8/h1-2,5-8,12H,3-4,17H2. The third-order valence-corrected chi connectivity index (χ3v) is 4.07. The number of nitrogens with zero attached hydrogens (tertiary/aromatic N) is 3. The second-order valence-corrected chi connectivity index (χ2v) is 5.69. The molecular weight excluding hydrogens is 288 g/mol. The minimum absolute atomic E-state index is 0.415. The third-order valence-electron chi connectivity index (χ3n) is 3.74. The lowest BCUT2D eigenvalue weighted by molar-refractivity contribution is 0.372. The Kier molecular flexibility index (Phi) is 2.90. The van der Waals surface area contributed by atoms with Crippen molar-refractivity contribution in [3.05, 3.63) is 52.8 Å². The van der Waals surface area contributed by atoms with Crippen molar-refractivity contribution < 1.29 is 4.52 Å². The van der Waals surface area contributed by atoms with E-state index in [-0.39, 0.29) is 0 Å². The molecule has 1 aromatic carbocycles. The predicted molar refractivity (Wildman–Crippen MR) is 79.1 cm³/mol. The first-order valence-corrected chi connectivity index (χ1v) is 7.24. The summed E-state index contributed by atoms with van der Waals surface area (Å²) >= 11 is 6.20. The van der Waals surface area contributed by atoms with Crippen LogP contribution in [0, 0.1) is 0 Å². The van der Waals surface area contributed by atoms with E-state index in [4.69, 9.17) is 21.9 Å². The Bertz CT molecular complexity index is 812. The molecule has 4 rings (SSSR count). The van der Waals surface area contributed by atoms with E-state index in [1.165, 1.54) is 0 Å². The molecule has 0 radical (unpaired) electrons. The van der Waals surface area contributed by atoms with Crippen LogP contribution in [0.25, 0.3) is 10.9 Å². The fraction of sp³-hybridized carbons (Fsp3) is 0.267. The molecule has 2 heterocycles. The summed E-state index contributed by atoms with van der Waals surface area (Å²) in [5.74, 6) is 1.59. The molecule has 2 aromatic heterocycles. The van der Waals surface area contributed by atoms with E-state index in [2.05, 4.69) is 15.1 Å². The van der Waals surface area contributed by atoms with Crippen molar-refractivity contribution in [3.63, 3.8) is 0 Å². The highest BCUT2D eigenvalue weighted by atomic mass is 35.5. The highest BCUT2D eigenvalue weighted by molar-refractivity contribution is 6.35. The quantitative estimate of drug-likeness (QED) is 0.803. The molecule has 1 fully saturated rings. The molecule has 1 saturated carbocycles. The van der Waals surface area contributed by atoms with Gasteiger partial charge in [-0.1, -0.05) is 22.8 Å². The average Bonchev–Trinajstić information content (AvgIpc) is 3.25. The normalized spacial score (nSPS) is 16.3. The minimum atomic E-state index is -0.476. The molecule has 1 aliphatic carbocycles. The summed E-state index contributed by atoms with van der Waals surface area (Å²) in [5, 5.41) is 5.54. The molecule has 6 heteroatoms. The number of fused-ring (bicyclic) bond motifs is 1. The van der Waals surface area contributed by atoms with Gasteiger partial charge in [-0.3, -0.25) is 4.98 Å². The van der Waals surface area contributed by atoms with Crippen molar-refractivity contribution in [2.24, 2.45) is 5.73 Å². The second kappa shape index (κ2) is 4.79. The summed E-state index contributed by atoms with van der Waals surface area (Å²) in [7, 11) is 0. The largest absolute Gasteiger partial charge is 0.339 e. The minimum Gasteiger partial charge on any atom is -0.339 e. The maximum absolute atomic E-state index is 6.30. The molecule has 0 aliphatic heterocycles. The summed E-state index contributed by atoms with van der Waals surface area (Å²) in [6, 6.07) is 6.99. The zero-order chi connectivity index (χ0) is 14.4. The molecule has 0 bridgehead atoms. The molecule has 106 valence electrons. The topological polar surface area (TPSA) is 77.8 Å². The number of aromatic nitrogens is 3. The summed E-state index contributed by atoms with van der Waals surface area (Å²) in [6.45, 7) is 0. The molecule has 0 spiro atoms. The van der Waals surface area contributed by atoms with Crippen molar-refractivity contribution >= 4 is 22.5 Å². The second-order valence-electron chi connectivity index (χ2n) is 5.28. The van der Waals surface area contributed by atoms with Gasteiger partial charge in [0.2, 0.25) is 5.89 Å². The SMILES string of the molecule is NC(c1noc(C2CC2)n1)c1ccc(Cl)c2cccnc12. The Morgan fingerprint density at radius 1 is 1.29 bits per heavy atom. The number of pyridine rings is 1. The zero-order valence-corrected chi connectivity index (χ0v) is 11.9. The first-order valence-electron chi connectivity index (χ1n) is 6.86. The van der Waals surface area contributed by atoms with Crippen LogP contribution in [-0.4, -0.2) is 15.1 Å². The van der Waals surface area contributed by atoms with Gasteiger partial charge in [0, 0.05) is 28.1 Å². The number of halogens is 1. The van der Waals surface area contributed by atoms with Crippen molar-refractivity contribution in [3.8, 4) is 0 Å². The Morgan fingerprint density at radius 2 is 2.14 bits per heavy atom. The van der Waals surface area contributed by atoms with Crippen LogP contribution in [0.1, 0.15) is 42.1 Å². The molecule has 5 nitrogen and oxygen atoms in total. The zero-order valence-electron chi connectivity index (χ0n) is 11.2. The molecule has 1 unspecified atom stereocenters. The van der Waals surface area contributed by atoms with Gasteiger partial charge >= 0.3 is 0 Å². The predicted octanol–water partition coefficient (Wildman–Crippen LogP) is 3.20.